The van der Waals surface area contributed by atoms with Crippen molar-refractivity contribution in [1.29, 1.82) is 0 Å². The van der Waals surface area contributed by atoms with E-state index in [0.717, 1.165) is 11.1 Å². The maximum atomic E-state index is 12.6. The highest BCUT2D eigenvalue weighted by atomic mass is 16.2. The third-order valence-corrected chi connectivity index (χ3v) is 2.84. The molecule has 0 aromatic heterocycles. The van der Waals surface area contributed by atoms with Gasteiger partial charge in [-0.3, -0.25) is 4.79 Å². The van der Waals surface area contributed by atoms with Crippen molar-refractivity contribution in [3.8, 4) is 0 Å². The minimum atomic E-state index is 0.0299. The molecule has 0 saturated heterocycles. The molecule has 2 nitrogen and oxygen atoms in total. The van der Waals surface area contributed by atoms with Crippen LogP contribution in [0.15, 0.2) is 18.2 Å². The van der Waals surface area contributed by atoms with Gasteiger partial charge in [-0.1, -0.05) is 17.7 Å². The van der Waals surface area contributed by atoms with E-state index >= 15 is 0 Å². The largest absolute Gasteiger partial charge is 0.334 e. The molecule has 0 aliphatic rings. The standard InChI is InChI=1S/C15H23NO/c1-10(2)16(11(3)4)15(17)14-8-7-12(5)9-13(14)6/h7-11H,1-6H3/i6D. The Morgan fingerprint density at radius 2 is 1.82 bits per heavy atom. The van der Waals surface area contributed by atoms with Crippen LogP contribution in [0.3, 0.4) is 0 Å². The van der Waals surface area contributed by atoms with Gasteiger partial charge >= 0.3 is 0 Å². The smallest absolute Gasteiger partial charge is 0.254 e. The summed E-state index contributed by atoms with van der Waals surface area (Å²) < 4.78 is 7.56. The second-order valence-corrected chi connectivity index (χ2v) is 5.06. The molecule has 1 aromatic rings. The number of benzene rings is 1. The van der Waals surface area contributed by atoms with Crippen LogP contribution in [0.1, 0.15) is 50.6 Å². The fourth-order valence-corrected chi connectivity index (χ4v) is 2.14. The molecule has 0 aliphatic carbocycles. The Balaban J connectivity index is 3.16. The van der Waals surface area contributed by atoms with Crippen LogP contribution in [0.4, 0.5) is 0 Å². The maximum Gasteiger partial charge on any atom is 0.254 e. The molecule has 0 bridgehead atoms. The van der Waals surface area contributed by atoms with Crippen LogP contribution in [-0.2, 0) is 0 Å². The molecule has 1 aromatic carbocycles. The Morgan fingerprint density at radius 1 is 1.24 bits per heavy atom. The lowest BCUT2D eigenvalue weighted by Crippen LogP contribution is -2.42. The molecule has 94 valence electrons. The van der Waals surface area contributed by atoms with Crippen molar-refractivity contribution in [2.75, 3.05) is 0 Å². The van der Waals surface area contributed by atoms with E-state index < -0.39 is 0 Å². The Kier molecular flexibility index (Phi) is 3.82. The van der Waals surface area contributed by atoms with Gasteiger partial charge in [0.25, 0.3) is 5.91 Å². The molecule has 1 amide bonds. The average Bonchev–Trinajstić information content (AvgIpc) is 2.27. The molecule has 0 unspecified atom stereocenters. The molecule has 0 fully saturated rings. The number of nitrogens with zero attached hydrogens (tertiary/aromatic N) is 1. The quantitative estimate of drug-likeness (QED) is 0.783. The lowest BCUT2D eigenvalue weighted by atomic mass is 10.0. The predicted molar refractivity (Wildman–Crippen MR) is 72.4 cm³/mol. The van der Waals surface area contributed by atoms with Gasteiger partial charge < -0.3 is 4.90 Å². The normalized spacial score (nSPS) is 11.8. The van der Waals surface area contributed by atoms with Crippen molar-refractivity contribution >= 4 is 5.91 Å². The molecule has 0 spiro atoms. The summed E-state index contributed by atoms with van der Waals surface area (Å²) >= 11 is 0. The van der Waals surface area contributed by atoms with Crippen LogP contribution < -0.4 is 0 Å². The Bertz CT molecular complexity index is 419. The van der Waals surface area contributed by atoms with E-state index in [-0.39, 0.29) is 24.9 Å². The lowest BCUT2D eigenvalue weighted by Gasteiger charge is -2.31. The summed E-state index contributed by atoms with van der Waals surface area (Å²) in [7, 11) is 0. The van der Waals surface area contributed by atoms with Gasteiger partial charge in [-0.05, 0) is 53.1 Å². The number of rotatable bonds is 3. The van der Waals surface area contributed by atoms with E-state index in [0.29, 0.717) is 5.56 Å². The van der Waals surface area contributed by atoms with Gasteiger partial charge in [0.2, 0.25) is 0 Å². The molecule has 0 N–H and O–H groups in total. The van der Waals surface area contributed by atoms with E-state index in [1.165, 1.54) is 0 Å². The molecular formula is C15H23NO. The fourth-order valence-electron chi connectivity index (χ4n) is 2.14. The van der Waals surface area contributed by atoms with E-state index in [1.807, 2.05) is 57.7 Å². The summed E-state index contributed by atoms with van der Waals surface area (Å²) in [6, 6.07) is 6.04. The number of carbonyl (C=O) groups is 1. The number of aryl methyl sites for hydroxylation is 2. The van der Waals surface area contributed by atoms with Crippen molar-refractivity contribution in [2.45, 2.75) is 53.6 Å². The number of amides is 1. The highest BCUT2D eigenvalue weighted by molar-refractivity contribution is 5.96. The highest BCUT2D eigenvalue weighted by Crippen LogP contribution is 2.16. The topological polar surface area (TPSA) is 20.3 Å². The molecule has 0 saturated carbocycles. The van der Waals surface area contributed by atoms with Crippen LogP contribution in [0.25, 0.3) is 0 Å². The van der Waals surface area contributed by atoms with Crippen LogP contribution >= 0.6 is 0 Å². The first-order chi connectivity index (χ1) is 8.38. The van der Waals surface area contributed by atoms with Gasteiger partial charge in [0.15, 0.2) is 0 Å². The second kappa shape index (κ2) is 5.35. The van der Waals surface area contributed by atoms with Crippen molar-refractivity contribution in [2.24, 2.45) is 0 Å². The average molecular weight is 234 g/mol. The summed E-state index contributed by atoms with van der Waals surface area (Å²) in [6.45, 7) is 10.2. The Hall–Kier alpha value is -1.31. The SMILES string of the molecule is [2H]Cc1cc(C)ccc1C(=O)N(C(C)C)C(C)C. The molecule has 1 rings (SSSR count). The summed E-state index contributed by atoms with van der Waals surface area (Å²) in [5.74, 6) is 0.0299. The van der Waals surface area contributed by atoms with E-state index in [1.54, 1.807) is 0 Å². The van der Waals surface area contributed by atoms with Gasteiger partial charge in [-0.15, -0.1) is 0 Å². The molecular weight excluding hydrogens is 210 g/mol. The first-order valence-corrected chi connectivity index (χ1v) is 6.10. The molecule has 0 radical (unpaired) electrons. The minimum Gasteiger partial charge on any atom is -0.334 e. The van der Waals surface area contributed by atoms with Crippen molar-refractivity contribution in [1.82, 2.24) is 4.90 Å². The summed E-state index contributed by atoms with van der Waals surface area (Å²) in [6.07, 6.45) is 0. The third kappa shape index (κ3) is 3.09. The molecule has 0 atom stereocenters. The Morgan fingerprint density at radius 3 is 2.29 bits per heavy atom. The van der Waals surface area contributed by atoms with E-state index in [2.05, 4.69) is 0 Å². The number of hydrogen-bond acceptors (Lipinski definition) is 1. The van der Waals surface area contributed by atoms with Crippen LogP contribution in [0.5, 0.6) is 0 Å². The fraction of sp³-hybridized carbons (Fsp3) is 0.533. The van der Waals surface area contributed by atoms with Gasteiger partial charge in [0.05, 0.1) is 0 Å². The number of carbonyl (C=O) groups excluding carboxylic acids is 1. The van der Waals surface area contributed by atoms with Crippen LogP contribution in [-0.4, -0.2) is 22.9 Å². The van der Waals surface area contributed by atoms with Gasteiger partial charge in [-0.25, -0.2) is 0 Å². The molecule has 0 heterocycles. The molecule has 2 heteroatoms. The second-order valence-electron chi connectivity index (χ2n) is 5.06. The summed E-state index contributed by atoms with van der Waals surface area (Å²) in [5.41, 5.74) is 2.57. The summed E-state index contributed by atoms with van der Waals surface area (Å²) in [5, 5.41) is 0. The zero-order chi connectivity index (χ0) is 13.9. The minimum absolute atomic E-state index is 0.0299. The first-order valence-electron chi connectivity index (χ1n) is 6.80. The van der Waals surface area contributed by atoms with E-state index in [9.17, 15) is 4.79 Å². The van der Waals surface area contributed by atoms with Crippen LogP contribution in [0, 0.1) is 13.8 Å². The maximum absolute atomic E-state index is 12.6. The zero-order valence-corrected chi connectivity index (χ0v) is 11.4. The van der Waals surface area contributed by atoms with E-state index in [4.69, 9.17) is 1.37 Å². The molecule has 17 heavy (non-hydrogen) atoms. The third-order valence-electron chi connectivity index (χ3n) is 2.84. The van der Waals surface area contributed by atoms with Crippen molar-refractivity contribution < 1.29 is 6.17 Å². The van der Waals surface area contributed by atoms with Crippen molar-refractivity contribution in [3.05, 3.63) is 34.9 Å². The number of hydrogen-bond donors (Lipinski definition) is 0. The Labute approximate surface area is 106 Å². The van der Waals surface area contributed by atoms with Gasteiger partial charge in [0.1, 0.15) is 0 Å². The molecule has 0 aliphatic heterocycles. The van der Waals surface area contributed by atoms with Gasteiger partial charge in [-0.2, -0.15) is 0 Å². The summed E-state index contributed by atoms with van der Waals surface area (Å²) in [4.78, 5) is 14.4. The highest BCUT2D eigenvalue weighted by Gasteiger charge is 2.22. The van der Waals surface area contributed by atoms with Gasteiger partial charge in [0, 0.05) is 19.0 Å². The first kappa shape index (κ1) is 12.2. The van der Waals surface area contributed by atoms with Crippen molar-refractivity contribution in [3.63, 3.8) is 0 Å². The lowest BCUT2D eigenvalue weighted by molar-refractivity contribution is 0.0643. The monoisotopic (exact) mass is 234 g/mol. The zero-order valence-electron chi connectivity index (χ0n) is 12.4. The van der Waals surface area contributed by atoms with Crippen LogP contribution in [0.2, 0.25) is 0 Å². The predicted octanol–water partition coefficient (Wildman–Crippen LogP) is 3.56.